The van der Waals surface area contributed by atoms with Crippen LogP contribution in [0.25, 0.3) is 0 Å². The van der Waals surface area contributed by atoms with Gasteiger partial charge in [-0.15, -0.1) is 0 Å². The van der Waals surface area contributed by atoms with Crippen LogP contribution in [0.5, 0.6) is 0 Å². The summed E-state index contributed by atoms with van der Waals surface area (Å²) in [5.74, 6) is -0.274. The monoisotopic (exact) mass is 150 g/mol. The molecule has 0 atom stereocenters. The van der Waals surface area contributed by atoms with Crippen molar-refractivity contribution in [2.45, 2.75) is 13.8 Å². The molecule has 11 heavy (non-hydrogen) atoms. The summed E-state index contributed by atoms with van der Waals surface area (Å²) in [6.45, 7) is 3.25. The van der Waals surface area contributed by atoms with E-state index < -0.39 is 0 Å². The summed E-state index contributed by atoms with van der Waals surface area (Å²) >= 11 is 0. The quantitative estimate of drug-likeness (QED) is 0.651. The van der Waals surface area contributed by atoms with E-state index in [-0.39, 0.29) is 5.91 Å². The summed E-state index contributed by atoms with van der Waals surface area (Å²) in [7, 11) is 0. The van der Waals surface area contributed by atoms with Crippen molar-refractivity contribution in [3.8, 4) is 0 Å². The average Bonchev–Trinajstić information content (AvgIpc) is 2.04. The van der Waals surface area contributed by atoms with Gasteiger partial charge < -0.3 is 5.31 Å². The highest BCUT2D eigenvalue weighted by Crippen LogP contribution is 2.12. The fourth-order valence-corrected chi connectivity index (χ4v) is 0.858. The number of carbonyl (C=O) groups is 1. The SMILES string of the molecule is [2H]N(C(C)=O)c1ccccc1C. The van der Waals surface area contributed by atoms with Gasteiger partial charge in [-0.25, -0.2) is 0 Å². The second-order valence-corrected chi connectivity index (χ2v) is 2.42. The van der Waals surface area contributed by atoms with E-state index in [0.717, 1.165) is 10.9 Å². The summed E-state index contributed by atoms with van der Waals surface area (Å²) in [5.41, 5.74) is 1.58. The first-order valence-electron chi connectivity index (χ1n) is 3.93. The Hall–Kier alpha value is -1.31. The van der Waals surface area contributed by atoms with Gasteiger partial charge in [0, 0.05) is 12.6 Å². The number of nitrogens with one attached hydrogen (secondary N) is 1. The second kappa shape index (κ2) is 3.19. The lowest BCUT2D eigenvalue weighted by molar-refractivity contribution is -0.114. The normalized spacial score (nSPS) is 10.5. The molecule has 0 fully saturated rings. The number of amides is 1. The second-order valence-electron chi connectivity index (χ2n) is 2.42. The zero-order valence-corrected chi connectivity index (χ0v) is 6.66. The predicted octanol–water partition coefficient (Wildman–Crippen LogP) is 1.95. The molecule has 0 heterocycles. The fourth-order valence-electron chi connectivity index (χ4n) is 0.858. The van der Waals surface area contributed by atoms with E-state index in [9.17, 15) is 4.79 Å². The molecule has 0 bridgehead atoms. The lowest BCUT2D eigenvalue weighted by atomic mass is 10.2. The number of aryl methyl sites for hydroxylation is 1. The zero-order valence-electron chi connectivity index (χ0n) is 7.66. The molecule has 0 spiro atoms. The van der Waals surface area contributed by atoms with Crippen molar-refractivity contribution < 1.29 is 6.21 Å². The average molecular weight is 150 g/mol. The molecule has 1 rings (SSSR count). The van der Waals surface area contributed by atoms with Crippen LogP contribution in [-0.4, -0.2) is 5.91 Å². The van der Waals surface area contributed by atoms with Crippen molar-refractivity contribution >= 4 is 11.6 Å². The van der Waals surface area contributed by atoms with Gasteiger partial charge in [-0.05, 0) is 18.6 Å². The van der Waals surface area contributed by atoms with Crippen molar-refractivity contribution in [2.75, 3.05) is 5.31 Å². The highest BCUT2D eigenvalue weighted by molar-refractivity contribution is 5.89. The summed E-state index contributed by atoms with van der Waals surface area (Å²) in [4.78, 5) is 10.8. The summed E-state index contributed by atoms with van der Waals surface area (Å²) in [5, 5.41) is 0.898. The van der Waals surface area contributed by atoms with E-state index in [1.165, 1.54) is 6.92 Å². The summed E-state index contributed by atoms with van der Waals surface area (Å²) in [6, 6.07) is 7.32. The first kappa shape index (κ1) is 6.40. The molecule has 2 heteroatoms. The van der Waals surface area contributed by atoms with Crippen LogP contribution in [-0.2, 0) is 4.79 Å². The Balaban J connectivity index is 3.02. The Bertz CT molecular complexity index is 298. The summed E-state index contributed by atoms with van der Waals surface area (Å²) in [6.07, 6.45) is 0. The molecule has 0 saturated carbocycles. The number of carbonyl (C=O) groups excluding carboxylic acids is 1. The third kappa shape index (κ3) is 2.08. The standard InChI is InChI=1S/C9H11NO/c1-7-5-3-4-6-9(7)10-8(2)11/h3-6H,1-2H3,(H,10,11)/i/hD. The molecule has 58 valence electrons. The molecule has 0 saturated heterocycles. The van der Waals surface area contributed by atoms with Crippen LogP contribution in [0.4, 0.5) is 5.69 Å². The molecule has 0 aromatic heterocycles. The molecule has 2 nitrogen and oxygen atoms in total. The van der Waals surface area contributed by atoms with Gasteiger partial charge in [0.1, 0.15) is 0 Å². The Labute approximate surface area is 67.7 Å². The number of hydrogen-bond acceptors (Lipinski definition) is 1. The van der Waals surface area contributed by atoms with E-state index in [0.29, 0.717) is 5.69 Å². The van der Waals surface area contributed by atoms with Crippen molar-refractivity contribution in [1.82, 2.24) is 0 Å². The maximum atomic E-state index is 10.8. The lowest BCUT2D eigenvalue weighted by Gasteiger charge is -2.03. The van der Waals surface area contributed by atoms with Gasteiger partial charge in [0.15, 0.2) is 1.41 Å². The van der Waals surface area contributed by atoms with E-state index in [1.54, 1.807) is 6.07 Å². The van der Waals surface area contributed by atoms with Gasteiger partial charge in [0.05, 0.1) is 0 Å². The molecule has 0 radical (unpaired) electrons. The van der Waals surface area contributed by atoms with E-state index in [2.05, 4.69) is 0 Å². The largest absolute Gasteiger partial charge is 0.326 e. The minimum absolute atomic E-state index is 0.274. The third-order valence-corrected chi connectivity index (χ3v) is 1.39. The molecule has 0 aliphatic heterocycles. The molecule has 1 aromatic carbocycles. The fraction of sp³-hybridized carbons (Fsp3) is 0.222. The van der Waals surface area contributed by atoms with Crippen molar-refractivity contribution in [3.63, 3.8) is 0 Å². The minimum Gasteiger partial charge on any atom is -0.326 e. The Morgan fingerprint density at radius 1 is 1.55 bits per heavy atom. The van der Waals surface area contributed by atoms with E-state index in [4.69, 9.17) is 1.41 Å². The highest BCUT2D eigenvalue weighted by atomic mass is 16.1. The molecular weight excluding hydrogens is 138 g/mol. The highest BCUT2D eigenvalue weighted by Gasteiger charge is 1.96. The molecular formula is C9H11NO. The van der Waals surface area contributed by atoms with Gasteiger partial charge in [-0.2, -0.15) is 0 Å². The molecule has 1 amide bonds. The number of rotatable bonds is 1. The summed E-state index contributed by atoms with van der Waals surface area (Å²) < 4.78 is 7.39. The van der Waals surface area contributed by atoms with Gasteiger partial charge in [-0.1, -0.05) is 18.2 Å². The van der Waals surface area contributed by atoms with Crippen LogP contribution < -0.4 is 5.31 Å². The van der Waals surface area contributed by atoms with Crippen molar-refractivity contribution in [3.05, 3.63) is 29.8 Å². The topological polar surface area (TPSA) is 29.1 Å². The number of hydrogen-bond donors (Lipinski definition) is 1. The minimum atomic E-state index is -0.274. The smallest absolute Gasteiger partial charge is 0.221 e. The van der Waals surface area contributed by atoms with Crippen LogP contribution >= 0.6 is 0 Å². The van der Waals surface area contributed by atoms with Gasteiger partial charge in [0.25, 0.3) is 0 Å². The maximum Gasteiger partial charge on any atom is 0.221 e. The third-order valence-electron chi connectivity index (χ3n) is 1.39. The lowest BCUT2D eigenvalue weighted by Crippen LogP contribution is -2.06. The zero-order chi connectivity index (χ0) is 9.14. The Kier molecular flexibility index (Phi) is 1.86. The Morgan fingerprint density at radius 2 is 2.18 bits per heavy atom. The Morgan fingerprint density at radius 3 is 2.73 bits per heavy atom. The van der Waals surface area contributed by atoms with Gasteiger partial charge in [0.2, 0.25) is 5.91 Å². The molecule has 0 aliphatic rings. The first-order chi connectivity index (χ1) is 5.63. The van der Waals surface area contributed by atoms with Crippen LogP contribution in [0.2, 0.25) is 1.41 Å². The van der Waals surface area contributed by atoms with E-state index in [1.807, 2.05) is 25.1 Å². The van der Waals surface area contributed by atoms with Crippen LogP contribution in [0, 0.1) is 6.92 Å². The molecule has 1 N–H and O–H groups in total. The number of para-hydroxylation sites is 1. The molecule has 0 unspecified atom stereocenters. The first-order valence-corrected chi connectivity index (χ1v) is 3.48. The van der Waals surface area contributed by atoms with Crippen LogP contribution in [0.1, 0.15) is 12.5 Å². The number of anilines is 1. The van der Waals surface area contributed by atoms with Gasteiger partial charge in [-0.3, -0.25) is 4.79 Å². The van der Waals surface area contributed by atoms with Crippen LogP contribution in [0.3, 0.4) is 0 Å². The van der Waals surface area contributed by atoms with Crippen molar-refractivity contribution in [2.24, 2.45) is 0 Å². The van der Waals surface area contributed by atoms with Crippen LogP contribution in [0.15, 0.2) is 24.3 Å². The molecule has 0 aliphatic carbocycles. The molecule has 1 aromatic rings. The van der Waals surface area contributed by atoms with Crippen molar-refractivity contribution in [1.29, 1.82) is 0 Å². The number of benzene rings is 1. The van der Waals surface area contributed by atoms with Gasteiger partial charge >= 0.3 is 0 Å². The van der Waals surface area contributed by atoms with E-state index >= 15 is 0 Å². The predicted molar refractivity (Wildman–Crippen MR) is 45.5 cm³/mol. The maximum absolute atomic E-state index is 10.8.